The highest BCUT2D eigenvalue weighted by Gasteiger charge is 2.20. The molecule has 0 fully saturated rings. The molecule has 0 aliphatic heterocycles. The summed E-state index contributed by atoms with van der Waals surface area (Å²) in [5, 5.41) is 2.56. The van der Waals surface area contributed by atoms with Crippen molar-refractivity contribution in [3.63, 3.8) is 0 Å². The van der Waals surface area contributed by atoms with Gasteiger partial charge >= 0.3 is 0 Å². The molecule has 2 aromatic heterocycles. The Balaban J connectivity index is 2.18. The monoisotopic (exact) mass is 293 g/mol. The molecular weight excluding hydrogens is 280 g/mol. The van der Waals surface area contributed by atoms with Gasteiger partial charge in [-0.15, -0.1) is 0 Å². The Hall–Kier alpha value is -2.41. The van der Waals surface area contributed by atoms with Crippen molar-refractivity contribution in [3.05, 3.63) is 59.7 Å². The van der Waals surface area contributed by atoms with Gasteiger partial charge in [0.25, 0.3) is 5.91 Å². The van der Waals surface area contributed by atoms with Crippen LogP contribution in [0.25, 0.3) is 0 Å². The minimum atomic E-state index is -1.02. The lowest BCUT2D eigenvalue weighted by atomic mass is 10.2. The van der Waals surface area contributed by atoms with E-state index in [2.05, 4.69) is 15.3 Å². The summed E-state index contributed by atoms with van der Waals surface area (Å²) < 4.78 is 31.3. The second-order valence-electron chi connectivity index (χ2n) is 4.22. The van der Waals surface area contributed by atoms with Crippen LogP contribution in [0.5, 0.6) is 0 Å². The van der Waals surface area contributed by atoms with Crippen LogP contribution in [0.4, 0.5) is 8.78 Å². The maximum atomic E-state index is 13.5. The van der Waals surface area contributed by atoms with Gasteiger partial charge < -0.3 is 10.1 Å². The van der Waals surface area contributed by atoms with E-state index in [0.717, 1.165) is 6.20 Å². The normalized spacial score (nSPS) is 12.0. The molecule has 2 rings (SSSR count). The van der Waals surface area contributed by atoms with Gasteiger partial charge in [-0.05, 0) is 12.1 Å². The van der Waals surface area contributed by atoms with Crippen molar-refractivity contribution in [1.29, 1.82) is 0 Å². The summed E-state index contributed by atoms with van der Waals surface area (Å²) in [6, 6.07) is 5.24. The third-order valence-electron chi connectivity index (χ3n) is 2.71. The van der Waals surface area contributed by atoms with Crippen molar-refractivity contribution in [2.24, 2.45) is 0 Å². The number of methoxy groups -OCH3 is 1. The predicted octanol–water partition coefficient (Wildman–Crippen LogP) is 1.87. The Labute approximate surface area is 120 Å². The highest BCUT2D eigenvalue weighted by molar-refractivity contribution is 5.92. The van der Waals surface area contributed by atoms with Crippen molar-refractivity contribution < 1.29 is 18.3 Å². The molecule has 0 aliphatic carbocycles. The van der Waals surface area contributed by atoms with Crippen LogP contribution in [-0.2, 0) is 4.74 Å². The van der Waals surface area contributed by atoms with Crippen LogP contribution in [0, 0.1) is 11.6 Å². The van der Waals surface area contributed by atoms with Crippen molar-refractivity contribution in [2.75, 3.05) is 13.7 Å². The fraction of sp³-hybridized carbons (Fsp3) is 0.214. The number of carbonyl (C=O) groups excluding carboxylic acids is 1. The largest absolute Gasteiger partial charge is 0.382 e. The summed E-state index contributed by atoms with van der Waals surface area (Å²) >= 11 is 0. The summed E-state index contributed by atoms with van der Waals surface area (Å²) in [5.74, 6) is -2.63. The molecule has 0 radical (unpaired) electrons. The van der Waals surface area contributed by atoms with E-state index in [-0.39, 0.29) is 6.61 Å². The van der Waals surface area contributed by atoms with E-state index < -0.39 is 29.3 Å². The third kappa shape index (κ3) is 3.79. The maximum Gasteiger partial charge on any atom is 0.273 e. The van der Waals surface area contributed by atoms with Crippen molar-refractivity contribution in [3.8, 4) is 0 Å². The number of halogens is 2. The summed E-state index contributed by atoms with van der Waals surface area (Å²) in [7, 11) is 1.47. The van der Waals surface area contributed by atoms with Crippen LogP contribution in [-0.4, -0.2) is 29.6 Å². The van der Waals surface area contributed by atoms with Gasteiger partial charge in [-0.1, -0.05) is 6.07 Å². The van der Waals surface area contributed by atoms with E-state index in [1.165, 1.54) is 7.11 Å². The molecular formula is C14H13F2N3O2. The first-order valence-electron chi connectivity index (χ1n) is 6.13. The molecule has 5 nitrogen and oxygen atoms in total. The molecule has 0 saturated carbocycles. The van der Waals surface area contributed by atoms with Crippen LogP contribution in [0.2, 0.25) is 0 Å². The number of aromatic nitrogens is 2. The van der Waals surface area contributed by atoms with Crippen molar-refractivity contribution >= 4 is 5.91 Å². The molecule has 0 aliphatic rings. The van der Waals surface area contributed by atoms with Crippen LogP contribution >= 0.6 is 0 Å². The van der Waals surface area contributed by atoms with Crippen LogP contribution in [0.15, 0.2) is 36.7 Å². The minimum Gasteiger partial charge on any atom is -0.382 e. The number of hydrogen-bond donors (Lipinski definition) is 1. The number of nitrogens with one attached hydrogen (secondary N) is 1. The van der Waals surface area contributed by atoms with Gasteiger partial charge in [0, 0.05) is 19.4 Å². The Bertz CT molecular complexity index is 623. The van der Waals surface area contributed by atoms with Crippen molar-refractivity contribution in [2.45, 2.75) is 6.04 Å². The second kappa shape index (κ2) is 6.85. The van der Waals surface area contributed by atoms with Gasteiger partial charge in [0.05, 0.1) is 24.5 Å². The number of carbonyl (C=O) groups is 1. The average molecular weight is 293 g/mol. The first-order valence-corrected chi connectivity index (χ1v) is 6.13. The Kier molecular flexibility index (Phi) is 4.89. The lowest BCUT2D eigenvalue weighted by Crippen LogP contribution is -2.33. The molecule has 0 aromatic carbocycles. The molecule has 2 heterocycles. The van der Waals surface area contributed by atoms with Gasteiger partial charge in [0.2, 0.25) is 0 Å². The molecule has 1 N–H and O–H groups in total. The number of amides is 1. The quantitative estimate of drug-likeness (QED) is 0.914. The SMILES string of the molecule is COCC(NC(=O)c1ncc(F)cc1F)c1ccccn1. The Morgan fingerprint density at radius 1 is 1.38 bits per heavy atom. The highest BCUT2D eigenvalue weighted by atomic mass is 19.1. The predicted molar refractivity (Wildman–Crippen MR) is 70.5 cm³/mol. The lowest BCUT2D eigenvalue weighted by molar-refractivity contribution is 0.0884. The fourth-order valence-electron chi connectivity index (χ4n) is 1.76. The summed E-state index contributed by atoms with van der Waals surface area (Å²) in [6.07, 6.45) is 2.35. The van der Waals surface area contributed by atoms with Gasteiger partial charge in [0.15, 0.2) is 11.5 Å². The van der Waals surface area contributed by atoms with E-state index in [9.17, 15) is 13.6 Å². The second-order valence-corrected chi connectivity index (χ2v) is 4.22. The number of nitrogens with zero attached hydrogens (tertiary/aromatic N) is 2. The molecule has 110 valence electrons. The highest BCUT2D eigenvalue weighted by Crippen LogP contribution is 2.12. The maximum absolute atomic E-state index is 13.5. The first-order chi connectivity index (χ1) is 10.1. The summed E-state index contributed by atoms with van der Waals surface area (Å²) in [6.45, 7) is 0.158. The summed E-state index contributed by atoms with van der Waals surface area (Å²) in [5.41, 5.74) is 0.0867. The topological polar surface area (TPSA) is 64.1 Å². The van der Waals surface area contributed by atoms with Crippen LogP contribution in [0.1, 0.15) is 22.2 Å². The molecule has 21 heavy (non-hydrogen) atoms. The Morgan fingerprint density at radius 2 is 2.19 bits per heavy atom. The molecule has 0 bridgehead atoms. The Morgan fingerprint density at radius 3 is 2.81 bits per heavy atom. The molecule has 1 unspecified atom stereocenters. The van der Waals surface area contributed by atoms with E-state index in [1.54, 1.807) is 24.4 Å². The lowest BCUT2D eigenvalue weighted by Gasteiger charge is -2.17. The molecule has 7 heteroatoms. The minimum absolute atomic E-state index is 0.158. The number of hydrogen-bond acceptors (Lipinski definition) is 4. The number of ether oxygens (including phenoxy) is 1. The summed E-state index contributed by atoms with van der Waals surface area (Å²) in [4.78, 5) is 19.6. The van der Waals surface area contributed by atoms with Gasteiger partial charge in [-0.3, -0.25) is 9.78 Å². The van der Waals surface area contributed by atoms with E-state index >= 15 is 0 Å². The smallest absolute Gasteiger partial charge is 0.273 e. The molecule has 0 spiro atoms. The average Bonchev–Trinajstić information content (AvgIpc) is 2.47. The van der Waals surface area contributed by atoms with Gasteiger partial charge in [0.1, 0.15) is 5.82 Å². The molecule has 1 atom stereocenters. The zero-order valence-corrected chi connectivity index (χ0v) is 11.2. The standard InChI is InChI=1S/C14H13F2N3O2/c1-21-8-12(11-4-2-3-5-17-11)19-14(20)13-10(16)6-9(15)7-18-13/h2-7,12H,8H2,1H3,(H,19,20). The zero-order chi connectivity index (χ0) is 15.2. The van der Waals surface area contributed by atoms with Crippen LogP contribution < -0.4 is 5.32 Å². The van der Waals surface area contributed by atoms with Gasteiger partial charge in [-0.25, -0.2) is 13.8 Å². The molecule has 1 amide bonds. The van der Waals surface area contributed by atoms with E-state index in [1.807, 2.05) is 0 Å². The van der Waals surface area contributed by atoms with Gasteiger partial charge in [-0.2, -0.15) is 0 Å². The number of pyridine rings is 2. The van der Waals surface area contributed by atoms with E-state index in [0.29, 0.717) is 11.8 Å². The van der Waals surface area contributed by atoms with Crippen molar-refractivity contribution in [1.82, 2.24) is 15.3 Å². The third-order valence-corrected chi connectivity index (χ3v) is 2.71. The van der Waals surface area contributed by atoms with E-state index in [4.69, 9.17) is 4.74 Å². The molecule has 2 aromatic rings. The zero-order valence-electron chi connectivity index (χ0n) is 11.2. The van der Waals surface area contributed by atoms with Crippen LogP contribution in [0.3, 0.4) is 0 Å². The molecule has 0 saturated heterocycles. The number of rotatable bonds is 5. The first kappa shape index (κ1) is 15.0. The fourth-order valence-corrected chi connectivity index (χ4v) is 1.76.